The number of fused-ring (bicyclic) bond motifs is 3. The third-order valence-corrected chi connectivity index (χ3v) is 6.53. The summed E-state index contributed by atoms with van der Waals surface area (Å²) in [4.78, 5) is 19.7. The third-order valence-electron chi connectivity index (χ3n) is 6.53. The standard InChI is InChI=1S/C25H25FN2O3/c1-16-14-20(19-7-6-18(26)15-21(19)27-16)24(29)28-11-9-25(10-12-28)23-17(8-13-31-25)4-3-5-22(23)30-2/h3-7,14-15H,8-13H2,1-2H3. The monoisotopic (exact) mass is 420 g/mol. The van der Waals surface area contributed by atoms with E-state index in [1.54, 1.807) is 19.2 Å². The van der Waals surface area contributed by atoms with Crippen LogP contribution >= 0.6 is 0 Å². The van der Waals surface area contributed by atoms with E-state index in [1.807, 2.05) is 24.0 Å². The Morgan fingerprint density at radius 2 is 2.00 bits per heavy atom. The van der Waals surface area contributed by atoms with Crippen LogP contribution in [0.25, 0.3) is 10.9 Å². The lowest BCUT2D eigenvalue weighted by atomic mass is 9.78. The molecule has 0 saturated carbocycles. The minimum absolute atomic E-state index is 0.0481. The molecule has 0 atom stereocenters. The molecule has 5 nitrogen and oxygen atoms in total. The molecule has 3 heterocycles. The van der Waals surface area contributed by atoms with Gasteiger partial charge < -0.3 is 14.4 Å². The number of carbonyl (C=O) groups is 1. The van der Waals surface area contributed by atoms with Crippen molar-refractivity contribution in [1.29, 1.82) is 0 Å². The summed E-state index contributed by atoms with van der Waals surface area (Å²) < 4.78 is 25.7. The minimum atomic E-state index is -0.420. The van der Waals surface area contributed by atoms with E-state index < -0.39 is 5.60 Å². The van der Waals surface area contributed by atoms with Crippen molar-refractivity contribution in [2.24, 2.45) is 0 Å². The van der Waals surface area contributed by atoms with Gasteiger partial charge in [-0.3, -0.25) is 9.78 Å². The summed E-state index contributed by atoms with van der Waals surface area (Å²) in [5, 5.41) is 0.679. The summed E-state index contributed by atoms with van der Waals surface area (Å²) in [6.45, 7) is 3.67. The summed E-state index contributed by atoms with van der Waals surface area (Å²) >= 11 is 0. The molecule has 2 aliphatic heterocycles. The number of rotatable bonds is 2. The molecule has 2 aromatic carbocycles. The number of hydrogen-bond donors (Lipinski definition) is 0. The van der Waals surface area contributed by atoms with Crippen LogP contribution in [0.15, 0.2) is 42.5 Å². The van der Waals surface area contributed by atoms with Crippen LogP contribution in [0.5, 0.6) is 5.75 Å². The van der Waals surface area contributed by atoms with E-state index in [4.69, 9.17) is 9.47 Å². The number of aromatic nitrogens is 1. The molecule has 31 heavy (non-hydrogen) atoms. The Morgan fingerprint density at radius 1 is 1.19 bits per heavy atom. The summed E-state index contributed by atoms with van der Waals surface area (Å²) in [6, 6.07) is 12.3. The number of pyridine rings is 1. The predicted molar refractivity (Wildman–Crippen MR) is 116 cm³/mol. The van der Waals surface area contributed by atoms with Gasteiger partial charge in [0.1, 0.15) is 17.2 Å². The molecule has 0 unspecified atom stereocenters. The number of likely N-dealkylation sites (tertiary alicyclic amines) is 1. The lowest BCUT2D eigenvalue weighted by molar-refractivity contribution is -0.0946. The first-order valence-electron chi connectivity index (χ1n) is 10.7. The normalized spacial score (nSPS) is 17.6. The average Bonchev–Trinajstić information content (AvgIpc) is 2.78. The van der Waals surface area contributed by atoms with Crippen molar-refractivity contribution in [2.75, 3.05) is 26.8 Å². The molecule has 1 amide bonds. The summed E-state index contributed by atoms with van der Waals surface area (Å²) in [5.74, 6) is 0.453. The Kier molecular flexibility index (Phi) is 4.89. The van der Waals surface area contributed by atoms with Crippen LogP contribution in [0.4, 0.5) is 4.39 Å². The van der Waals surface area contributed by atoms with Crippen LogP contribution < -0.4 is 4.74 Å². The van der Waals surface area contributed by atoms with Crippen LogP contribution in [0, 0.1) is 12.7 Å². The fourth-order valence-corrected chi connectivity index (χ4v) is 5.05. The fourth-order valence-electron chi connectivity index (χ4n) is 5.05. The quantitative estimate of drug-likeness (QED) is 0.617. The van der Waals surface area contributed by atoms with Crippen molar-refractivity contribution in [1.82, 2.24) is 9.88 Å². The van der Waals surface area contributed by atoms with Crippen LogP contribution in [-0.2, 0) is 16.8 Å². The van der Waals surface area contributed by atoms with E-state index >= 15 is 0 Å². The van der Waals surface area contributed by atoms with E-state index in [9.17, 15) is 9.18 Å². The number of benzene rings is 2. The Labute approximate surface area is 180 Å². The van der Waals surface area contributed by atoms with Crippen molar-refractivity contribution in [2.45, 2.75) is 31.8 Å². The Balaban J connectivity index is 1.44. The summed E-state index contributed by atoms with van der Waals surface area (Å²) in [6.07, 6.45) is 2.29. The number of aryl methyl sites for hydroxylation is 1. The first-order chi connectivity index (χ1) is 15.0. The van der Waals surface area contributed by atoms with Gasteiger partial charge in [-0.25, -0.2) is 4.39 Å². The maximum absolute atomic E-state index is 13.7. The zero-order valence-electron chi connectivity index (χ0n) is 17.8. The van der Waals surface area contributed by atoms with Gasteiger partial charge in [0.15, 0.2) is 0 Å². The van der Waals surface area contributed by atoms with Crippen LogP contribution in [0.2, 0.25) is 0 Å². The van der Waals surface area contributed by atoms with Gasteiger partial charge in [0.2, 0.25) is 0 Å². The number of nitrogens with zero attached hydrogens (tertiary/aromatic N) is 2. The number of amides is 1. The molecule has 0 bridgehead atoms. The van der Waals surface area contributed by atoms with Crippen molar-refractivity contribution in [3.05, 3.63) is 70.7 Å². The highest BCUT2D eigenvalue weighted by molar-refractivity contribution is 6.06. The Hall–Kier alpha value is -2.99. The van der Waals surface area contributed by atoms with Gasteiger partial charge >= 0.3 is 0 Å². The topological polar surface area (TPSA) is 51.7 Å². The van der Waals surface area contributed by atoms with E-state index in [0.29, 0.717) is 54.7 Å². The van der Waals surface area contributed by atoms with Gasteiger partial charge in [-0.2, -0.15) is 0 Å². The second-order valence-electron chi connectivity index (χ2n) is 8.35. The molecule has 1 saturated heterocycles. The zero-order chi connectivity index (χ0) is 21.6. The molecule has 0 aliphatic carbocycles. The number of ether oxygens (including phenoxy) is 2. The highest BCUT2D eigenvalue weighted by Crippen LogP contribution is 2.46. The van der Waals surface area contributed by atoms with Crippen molar-refractivity contribution in [3.8, 4) is 5.75 Å². The molecule has 1 fully saturated rings. The van der Waals surface area contributed by atoms with Crippen LogP contribution in [-0.4, -0.2) is 42.6 Å². The minimum Gasteiger partial charge on any atom is -0.496 e. The molecule has 0 radical (unpaired) electrons. The van der Waals surface area contributed by atoms with Gasteiger partial charge in [0, 0.05) is 35.8 Å². The van der Waals surface area contributed by atoms with E-state index in [1.165, 1.54) is 17.7 Å². The average molecular weight is 420 g/mol. The molecule has 160 valence electrons. The fraction of sp³-hybridized carbons (Fsp3) is 0.360. The molecular formula is C25H25FN2O3. The first-order valence-corrected chi connectivity index (χ1v) is 10.7. The number of piperidine rings is 1. The number of hydrogen-bond acceptors (Lipinski definition) is 4. The lowest BCUT2D eigenvalue weighted by Gasteiger charge is -2.45. The van der Waals surface area contributed by atoms with Crippen molar-refractivity contribution in [3.63, 3.8) is 0 Å². The molecular weight excluding hydrogens is 395 g/mol. The van der Waals surface area contributed by atoms with E-state index in [0.717, 1.165) is 17.7 Å². The van der Waals surface area contributed by atoms with Crippen LogP contribution in [0.1, 0.15) is 40.0 Å². The first kappa shape index (κ1) is 19.9. The van der Waals surface area contributed by atoms with Gasteiger partial charge in [-0.15, -0.1) is 0 Å². The molecule has 3 aromatic rings. The zero-order valence-corrected chi connectivity index (χ0v) is 17.8. The maximum atomic E-state index is 13.7. The van der Waals surface area contributed by atoms with Gasteiger partial charge in [0.05, 0.1) is 24.8 Å². The summed E-state index contributed by atoms with van der Waals surface area (Å²) in [5.41, 5.74) is 3.76. The van der Waals surface area contributed by atoms with Gasteiger partial charge in [-0.1, -0.05) is 12.1 Å². The number of halogens is 1. The second kappa shape index (κ2) is 7.61. The molecule has 0 N–H and O–H groups in total. The Bertz CT molecular complexity index is 1150. The molecule has 6 heteroatoms. The maximum Gasteiger partial charge on any atom is 0.254 e. The number of carbonyl (C=O) groups excluding carboxylic acids is 1. The second-order valence-corrected chi connectivity index (χ2v) is 8.35. The van der Waals surface area contributed by atoms with Crippen molar-refractivity contribution < 1.29 is 18.7 Å². The molecule has 1 aromatic heterocycles. The van der Waals surface area contributed by atoms with E-state index in [2.05, 4.69) is 11.1 Å². The SMILES string of the molecule is COc1cccc2c1C1(CCN(C(=O)c3cc(C)nc4cc(F)ccc34)CC1)OCC2. The highest BCUT2D eigenvalue weighted by Gasteiger charge is 2.43. The van der Waals surface area contributed by atoms with Crippen LogP contribution in [0.3, 0.4) is 0 Å². The third kappa shape index (κ3) is 3.35. The number of methoxy groups -OCH3 is 1. The van der Waals surface area contributed by atoms with Gasteiger partial charge in [0.25, 0.3) is 5.91 Å². The smallest absolute Gasteiger partial charge is 0.254 e. The Morgan fingerprint density at radius 3 is 2.77 bits per heavy atom. The van der Waals surface area contributed by atoms with Gasteiger partial charge in [-0.05, 0) is 56.0 Å². The largest absolute Gasteiger partial charge is 0.496 e. The highest BCUT2D eigenvalue weighted by atomic mass is 19.1. The molecule has 2 aliphatic rings. The van der Waals surface area contributed by atoms with Crippen molar-refractivity contribution >= 4 is 16.8 Å². The molecule has 5 rings (SSSR count). The molecule has 1 spiro atoms. The van der Waals surface area contributed by atoms with E-state index in [-0.39, 0.29) is 11.7 Å². The predicted octanol–water partition coefficient (Wildman–Crippen LogP) is 4.40. The summed E-state index contributed by atoms with van der Waals surface area (Å²) in [7, 11) is 1.69. The lowest BCUT2D eigenvalue weighted by Crippen LogP contribution is -2.48.